The summed E-state index contributed by atoms with van der Waals surface area (Å²) in [7, 11) is -3.58. The minimum Gasteiger partial charge on any atom is -0.486 e. The van der Waals surface area contributed by atoms with E-state index in [2.05, 4.69) is 4.72 Å². The van der Waals surface area contributed by atoms with E-state index in [1.807, 2.05) is 24.3 Å². The van der Waals surface area contributed by atoms with E-state index in [1.165, 1.54) is 0 Å². The highest BCUT2D eigenvalue weighted by molar-refractivity contribution is 7.88. The monoisotopic (exact) mass is 450 g/mol. The van der Waals surface area contributed by atoms with Crippen LogP contribution in [0, 0.1) is 0 Å². The molecule has 2 aromatic rings. The number of piperidine rings is 1. The molecule has 0 aliphatic carbocycles. The van der Waals surface area contributed by atoms with Crippen molar-refractivity contribution in [2.75, 3.05) is 19.4 Å². The van der Waals surface area contributed by atoms with Crippen molar-refractivity contribution in [2.24, 2.45) is 0 Å². The van der Waals surface area contributed by atoms with Crippen molar-refractivity contribution in [3.63, 3.8) is 0 Å². The second kappa shape index (κ2) is 8.20. The Morgan fingerprint density at radius 2 is 1.94 bits per heavy atom. The van der Waals surface area contributed by atoms with Crippen LogP contribution in [0.2, 0.25) is 0 Å². The maximum atomic E-state index is 14.9. The number of hydrogen-bond donors (Lipinski definition) is 1. The Morgan fingerprint density at radius 3 is 2.71 bits per heavy atom. The van der Waals surface area contributed by atoms with Gasteiger partial charge >= 0.3 is 5.92 Å². The van der Waals surface area contributed by atoms with Crippen LogP contribution in [0.25, 0.3) is 11.1 Å². The lowest BCUT2D eigenvalue weighted by atomic mass is 9.89. The highest BCUT2D eigenvalue weighted by Crippen LogP contribution is 2.34. The minimum atomic E-state index is -3.74. The summed E-state index contributed by atoms with van der Waals surface area (Å²) < 4.78 is 61.6. The molecule has 2 aromatic carbocycles. The number of halogens is 2. The number of carbonyl (C=O) groups excluding carboxylic acids is 1. The molecule has 2 bridgehead atoms. The molecular weight excluding hydrogens is 426 g/mol. The lowest BCUT2D eigenvalue weighted by molar-refractivity contribution is -0.166. The molecular formula is C22H24F2N2O4S. The average molecular weight is 451 g/mol. The van der Waals surface area contributed by atoms with Crippen LogP contribution in [0.15, 0.2) is 48.5 Å². The smallest absolute Gasteiger partial charge is 0.357 e. The first-order valence-corrected chi connectivity index (χ1v) is 12.0. The molecule has 4 rings (SSSR count). The normalized spacial score (nSPS) is 23.6. The van der Waals surface area contributed by atoms with E-state index in [4.69, 9.17) is 4.74 Å². The van der Waals surface area contributed by atoms with Gasteiger partial charge in [0.25, 0.3) is 5.91 Å². The Kier molecular flexibility index (Phi) is 5.74. The van der Waals surface area contributed by atoms with Gasteiger partial charge in [-0.15, -0.1) is 0 Å². The van der Waals surface area contributed by atoms with Crippen LogP contribution in [0.4, 0.5) is 8.78 Å². The SMILES string of the molecule is CS(=O)(=O)NC1CCCN2C(=O)C(F)(F)COc3ccccc3-c3cccc(c3)CC12. The number of sulfonamides is 1. The van der Waals surface area contributed by atoms with E-state index in [-0.39, 0.29) is 18.7 Å². The van der Waals surface area contributed by atoms with Gasteiger partial charge in [0.2, 0.25) is 10.0 Å². The van der Waals surface area contributed by atoms with Gasteiger partial charge in [0, 0.05) is 18.2 Å². The van der Waals surface area contributed by atoms with Gasteiger partial charge in [0.15, 0.2) is 6.61 Å². The van der Waals surface area contributed by atoms with E-state index in [1.54, 1.807) is 24.3 Å². The quantitative estimate of drug-likeness (QED) is 0.764. The molecule has 1 fully saturated rings. The Balaban J connectivity index is 1.82. The third kappa shape index (κ3) is 4.72. The van der Waals surface area contributed by atoms with Gasteiger partial charge in [-0.1, -0.05) is 42.5 Å². The van der Waals surface area contributed by atoms with E-state index in [0.717, 1.165) is 22.3 Å². The number of benzene rings is 2. The molecule has 2 unspecified atom stereocenters. The van der Waals surface area contributed by atoms with E-state index >= 15 is 0 Å². The van der Waals surface area contributed by atoms with E-state index in [9.17, 15) is 22.0 Å². The van der Waals surface area contributed by atoms with Crippen LogP contribution in [0.3, 0.4) is 0 Å². The van der Waals surface area contributed by atoms with Crippen molar-refractivity contribution in [2.45, 2.75) is 37.3 Å². The Labute approximate surface area is 180 Å². The predicted molar refractivity (Wildman–Crippen MR) is 113 cm³/mol. The third-order valence-corrected chi connectivity index (χ3v) is 6.43. The van der Waals surface area contributed by atoms with Crippen LogP contribution in [0.1, 0.15) is 18.4 Å². The lowest BCUT2D eigenvalue weighted by Crippen LogP contribution is -2.61. The molecule has 0 aromatic heterocycles. The minimum absolute atomic E-state index is 0.136. The number of ether oxygens (including phenoxy) is 1. The standard InChI is InChI=1S/C22H24F2N2O4S/c1-31(28,29)25-18-9-5-11-26-19(18)13-15-6-4-7-16(12-15)17-8-2-3-10-20(17)30-14-22(23,24)21(26)27/h2-4,6-8,10,12,18-19,25H,5,9,11,13-14H2,1H3. The zero-order valence-electron chi connectivity index (χ0n) is 17.1. The molecule has 0 radical (unpaired) electrons. The number of hydrogen-bond acceptors (Lipinski definition) is 4. The topological polar surface area (TPSA) is 75.7 Å². The van der Waals surface area contributed by atoms with Crippen LogP contribution in [0.5, 0.6) is 5.75 Å². The number of amides is 1. The Bertz CT molecular complexity index is 1090. The average Bonchev–Trinajstić information content (AvgIpc) is 2.72. The Morgan fingerprint density at radius 1 is 1.16 bits per heavy atom. The molecule has 2 heterocycles. The molecule has 1 amide bonds. The van der Waals surface area contributed by atoms with Crippen LogP contribution in [-0.4, -0.2) is 56.6 Å². The van der Waals surface area contributed by atoms with Gasteiger partial charge in [-0.25, -0.2) is 13.1 Å². The first-order valence-electron chi connectivity index (χ1n) is 10.1. The first-order chi connectivity index (χ1) is 14.6. The van der Waals surface area contributed by atoms with Crippen molar-refractivity contribution < 1.29 is 26.7 Å². The molecule has 1 saturated heterocycles. The first kappa shape index (κ1) is 21.7. The summed E-state index contributed by atoms with van der Waals surface area (Å²) in [6.45, 7) is -0.951. The number of nitrogens with one attached hydrogen (secondary N) is 1. The number of alkyl halides is 2. The number of para-hydroxylation sites is 1. The molecule has 6 nitrogen and oxygen atoms in total. The van der Waals surface area contributed by atoms with Crippen LogP contribution >= 0.6 is 0 Å². The van der Waals surface area contributed by atoms with Gasteiger partial charge in [-0.2, -0.15) is 8.78 Å². The second-order valence-electron chi connectivity index (χ2n) is 8.10. The summed E-state index contributed by atoms with van der Waals surface area (Å²) in [4.78, 5) is 14.0. The maximum absolute atomic E-state index is 14.9. The second-order valence-corrected chi connectivity index (χ2v) is 9.88. The fourth-order valence-electron chi connectivity index (χ4n) is 4.35. The van der Waals surface area contributed by atoms with Gasteiger partial charge in [-0.05, 0) is 36.5 Å². The zero-order chi connectivity index (χ0) is 22.2. The van der Waals surface area contributed by atoms with Crippen molar-refractivity contribution >= 4 is 15.9 Å². The number of rotatable bonds is 2. The molecule has 31 heavy (non-hydrogen) atoms. The highest BCUT2D eigenvalue weighted by Gasteiger charge is 2.48. The van der Waals surface area contributed by atoms with Crippen molar-refractivity contribution in [3.05, 3.63) is 54.1 Å². The van der Waals surface area contributed by atoms with Crippen molar-refractivity contribution in [1.29, 1.82) is 0 Å². The zero-order valence-corrected chi connectivity index (χ0v) is 17.9. The van der Waals surface area contributed by atoms with Gasteiger partial charge in [-0.3, -0.25) is 4.79 Å². The van der Waals surface area contributed by atoms with E-state index < -0.39 is 40.5 Å². The Hall–Kier alpha value is -2.52. The van der Waals surface area contributed by atoms with Gasteiger partial charge < -0.3 is 9.64 Å². The fourth-order valence-corrected chi connectivity index (χ4v) is 5.18. The summed E-state index contributed by atoms with van der Waals surface area (Å²) in [5, 5.41) is 0. The van der Waals surface area contributed by atoms with Crippen LogP contribution < -0.4 is 9.46 Å². The molecule has 0 saturated carbocycles. The summed E-state index contributed by atoms with van der Waals surface area (Å²) in [5.41, 5.74) is 2.28. The van der Waals surface area contributed by atoms with Crippen LogP contribution in [-0.2, 0) is 21.2 Å². The molecule has 0 spiro atoms. The molecule has 2 aliphatic heterocycles. The number of carbonyl (C=O) groups is 1. The van der Waals surface area contributed by atoms with Crippen molar-refractivity contribution in [1.82, 2.24) is 9.62 Å². The number of fused-ring (bicyclic) bond motifs is 5. The molecule has 9 heteroatoms. The molecule has 1 N–H and O–H groups in total. The summed E-state index contributed by atoms with van der Waals surface area (Å²) in [6, 6.07) is 13.0. The van der Waals surface area contributed by atoms with Gasteiger partial charge in [0.05, 0.1) is 12.3 Å². The highest BCUT2D eigenvalue weighted by atomic mass is 32.2. The lowest BCUT2D eigenvalue weighted by Gasteiger charge is -2.42. The fraction of sp³-hybridized carbons (Fsp3) is 0.409. The molecule has 2 atom stereocenters. The third-order valence-electron chi connectivity index (χ3n) is 5.70. The summed E-state index contributed by atoms with van der Waals surface area (Å²) in [5.74, 6) is -4.81. The molecule has 2 aliphatic rings. The van der Waals surface area contributed by atoms with Gasteiger partial charge in [0.1, 0.15) is 5.75 Å². The maximum Gasteiger partial charge on any atom is 0.357 e. The largest absolute Gasteiger partial charge is 0.486 e. The number of nitrogens with zero attached hydrogens (tertiary/aromatic N) is 1. The summed E-state index contributed by atoms with van der Waals surface area (Å²) >= 11 is 0. The summed E-state index contributed by atoms with van der Waals surface area (Å²) in [6.07, 6.45) is 2.18. The molecule has 166 valence electrons. The van der Waals surface area contributed by atoms with Crippen molar-refractivity contribution in [3.8, 4) is 16.9 Å². The predicted octanol–water partition coefficient (Wildman–Crippen LogP) is 2.83. The van der Waals surface area contributed by atoms with E-state index in [0.29, 0.717) is 18.4 Å².